The molecule has 0 heterocycles. The molecule has 104 heavy (non-hydrogen) atoms. The first-order chi connectivity index (χ1) is 46.6. The highest BCUT2D eigenvalue weighted by molar-refractivity contribution is 5.94. The second-order valence-corrected chi connectivity index (χ2v) is 20.7. The first-order valence-corrected chi connectivity index (χ1v) is 26.2. The first kappa shape index (κ1) is 85.4. The number of esters is 3. The molecule has 0 aliphatic rings. The second kappa shape index (κ2) is 27.7. The molecular formula is C56H28F38N2O8. The molecule has 5 aromatic rings. The number of benzene rings is 5. The third-order valence-electron chi connectivity index (χ3n) is 13.6. The molecule has 576 valence electrons. The summed E-state index contributed by atoms with van der Waals surface area (Å²) in [6, 6.07) is 16.5. The van der Waals surface area contributed by atoms with Crippen LogP contribution in [0.3, 0.4) is 0 Å². The monoisotopic (exact) mass is 1580 g/mol. The number of nitrogens with zero attached hydrogens (tertiary/aromatic N) is 2. The van der Waals surface area contributed by atoms with E-state index in [1.165, 1.54) is 42.5 Å². The van der Waals surface area contributed by atoms with Crippen LogP contribution in [-0.4, -0.2) is 158 Å². The van der Waals surface area contributed by atoms with Crippen LogP contribution in [-0.2, 0) is 4.74 Å². The summed E-state index contributed by atoms with van der Waals surface area (Å²) in [5, 5.41) is 0. The highest BCUT2D eigenvalue weighted by Gasteiger charge is 2.98. The van der Waals surface area contributed by atoms with E-state index in [2.05, 4.69) is 19.5 Å². The van der Waals surface area contributed by atoms with E-state index >= 15 is 0 Å². The molecule has 0 amide bonds. The number of hydrogen-bond acceptors (Lipinski definition) is 10. The van der Waals surface area contributed by atoms with Gasteiger partial charge in [-0.2, -0.15) is 167 Å². The van der Waals surface area contributed by atoms with E-state index in [1.54, 1.807) is 0 Å². The molecule has 0 N–H and O–H groups in total. The van der Waals surface area contributed by atoms with Gasteiger partial charge in [0, 0.05) is 12.4 Å². The largest absolute Gasteiger partial charge is 0.487 e. The van der Waals surface area contributed by atoms with Crippen molar-refractivity contribution < 1.29 is 205 Å². The van der Waals surface area contributed by atoms with Crippen LogP contribution in [0.1, 0.15) is 42.2 Å². The van der Waals surface area contributed by atoms with Gasteiger partial charge >= 0.3 is 125 Å². The number of ether oxygens (including phenoxy) is 5. The molecule has 0 saturated heterocycles. The van der Waals surface area contributed by atoms with Gasteiger partial charge in [0.15, 0.2) is 13.2 Å². The molecule has 5 aromatic carbocycles. The number of aliphatic imine (C=N–C) groups is 2. The molecule has 0 aromatic heterocycles. The van der Waals surface area contributed by atoms with E-state index < -0.39 is 161 Å². The van der Waals surface area contributed by atoms with E-state index in [1.807, 2.05) is 0 Å². The summed E-state index contributed by atoms with van der Waals surface area (Å²) in [5.41, 5.74) is -1.04. The average molecular weight is 1580 g/mol. The minimum atomic E-state index is -9.12. The Morgan fingerprint density at radius 3 is 0.760 bits per heavy atom. The van der Waals surface area contributed by atoms with Gasteiger partial charge in [0.05, 0.1) is 35.2 Å². The van der Waals surface area contributed by atoms with Crippen LogP contribution >= 0.6 is 0 Å². The summed E-state index contributed by atoms with van der Waals surface area (Å²) in [5.74, 6) is -144. The Hall–Kier alpha value is -9.21. The molecular weight excluding hydrogens is 1550 g/mol. The maximum Gasteiger partial charge on any atom is 0.460 e. The highest BCUT2D eigenvalue weighted by Crippen LogP contribution is 2.68. The summed E-state index contributed by atoms with van der Waals surface area (Å²) in [7, 11) is 0.981. The number of halogens is 38. The molecule has 0 aliphatic carbocycles. The molecule has 0 radical (unpaired) electrons. The number of methoxy groups -OCH3 is 1. The lowest BCUT2D eigenvalue weighted by Gasteiger charge is -2.43. The predicted octanol–water partition coefficient (Wildman–Crippen LogP) is 19.5. The molecule has 0 aliphatic heterocycles. The lowest BCUT2D eigenvalue weighted by molar-refractivity contribution is -0.469. The summed E-state index contributed by atoms with van der Waals surface area (Å²) >= 11 is 0. The zero-order chi connectivity index (χ0) is 80.3. The molecule has 0 atom stereocenters. The highest BCUT2D eigenvalue weighted by atomic mass is 19.5. The smallest absolute Gasteiger partial charge is 0.460 e. The van der Waals surface area contributed by atoms with Crippen LogP contribution < -0.4 is 18.9 Å². The Morgan fingerprint density at radius 1 is 0.288 bits per heavy atom. The van der Waals surface area contributed by atoms with Gasteiger partial charge in [-0.3, -0.25) is 9.98 Å². The SMILES string of the molecule is COC(=O)c1cc(N=Cc2ccc(OC(=O)c3ccc(OCC(F)(F)C(F)(F)C(F)(F)C(F)(F)C(F)(F)C(F)(F)C(F)(F)C(F)(F)C(F)(F)F)cc3)cc2)cc(N=Cc2ccc(OC(=O)c3ccc(OCC(F)(F)C(F)(F)C(F)(F)C(F)(F)C(F)(F)C(F)(F)C(F)(F)C(F)(F)C(F)(F)F)cc3)cc2)c1. The van der Waals surface area contributed by atoms with Crippen LogP contribution in [0.2, 0.25) is 0 Å². The van der Waals surface area contributed by atoms with Gasteiger partial charge in [-0.1, -0.05) is 0 Å². The number of carbonyl (C=O) groups is 3. The molecule has 0 unspecified atom stereocenters. The van der Waals surface area contributed by atoms with Gasteiger partial charge in [-0.05, 0) is 126 Å². The number of alkyl halides is 38. The molecule has 0 bridgehead atoms. The number of rotatable bonds is 29. The molecule has 48 heteroatoms. The summed E-state index contributed by atoms with van der Waals surface area (Å²) < 4.78 is 543. The lowest BCUT2D eigenvalue weighted by atomic mass is 9.87. The Labute approximate surface area is 549 Å². The van der Waals surface area contributed by atoms with Gasteiger partial charge in [0.2, 0.25) is 0 Å². The Balaban J connectivity index is 1.19. The third-order valence-corrected chi connectivity index (χ3v) is 13.6. The number of hydrogen-bond donors (Lipinski definition) is 0. The van der Waals surface area contributed by atoms with Crippen molar-refractivity contribution >= 4 is 41.7 Å². The quantitative estimate of drug-likeness (QED) is 0.0201. The van der Waals surface area contributed by atoms with Crippen LogP contribution in [0.5, 0.6) is 23.0 Å². The van der Waals surface area contributed by atoms with Gasteiger partial charge in [-0.25, -0.2) is 14.4 Å². The van der Waals surface area contributed by atoms with Crippen molar-refractivity contribution in [1.29, 1.82) is 0 Å². The van der Waals surface area contributed by atoms with E-state index in [9.17, 15) is 181 Å². The van der Waals surface area contributed by atoms with Crippen molar-refractivity contribution in [2.75, 3.05) is 20.3 Å². The van der Waals surface area contributed by atoms with Crippen LogP contribution in [0, 0.1) is 0 Å². The van der Waals surface area contributed by atoms with Gasteiger partial charge < -0.3 is 23.7 Å². The summed E-state index contributed by atoms with van der Waals surface area (Å²) in [6.45, 7) is -6.69. The van der Waals surface area contributed by atoms with Gasteiger partial charge in [0.25, 0.3) is 0 Å². The van der Waals surface area contributed by atoms with E-state index in [-0.39, 0.29) is 39.6 Å². The van der Waals surface area contributed by atoms with E-state index in [0.717, 1.165) is 43.8 Å². The average Bonchev–Trinajstić information content (AvgIpc) is 0.696. The maximum absolute atomic E-state index is 14.4. The standard InChI is InChI=1S/C56H28F38N2O8/c1-100-36(97)29-18-30(95-21-25-2-10-34(11-3-25)103-37(98)27-6-14-32(15-7-27)101-23-39(57,58)41(61,62)43(65,66)45(69,70)47(73,74)49(77,78)51(81,82)53(85,86)55(89,90)91)20-31(19-29)96-22-26-4-12-35(13-5-26)104-38(99)28-8-16-33(17-9-28)102-24-40(59,60)42(63,64)44(67,68)46(71,72)48(75,76)50(79,80)52(83,84)54(87,88)56(92,93)94/h2-22H,23-24H2,1H3. The Morgan fingerprint density at radius 2 is 0.519 bits per heavy atom. The maximum atomic E-state index is 14.4. The lowest BCUT2D eigenvalue weighted by Crippen LogP contribution is -2.76. The van der Waals surface area contributed by atoms with E-state index in [0.29, 0.717) is 48.5 Å². The van der Waals surface area contributed by atoms with Crippen molar-refractivity contribution in [3.63, 3.8) is 0 Å². The Kier molecular flexibility index (Phi) is 22.7. The minimum Gasteiger partial charge on any atom is -0.487 e. The Bertz CT molecular complexity index is 3720. The molecule has 0 spiro atoms. The topological polar surface area (TPSA) is 122 Å². The minimum absolute atomic E-state index is 0.0186. The van der Waals surface area contributed by atoms with Crippen molar-refractivity contribution in [2.24, 2.45) is 9.98 Å². The third kappa shape index (κ3) is 14.7. The summed E-state index contributed by atoms with van der Waals surface area (Å²) in [6.07, 6.45) is -13.8. The van der Waals surface area contributed by atoms with Crippen LogP contribution in [0.15, 0.2) is 125 Å². The van der Waals surface area contributed by atoms with Crippen molar-refractivity contribution in [3.05, 3.63) is 143 Å². The predicted molar refractivity (Wildman–Crippen MR) is 270 cm³/mol. The van der Waals surface area contributed by atoms with Gasteiger partial charge in [0.1, 0.15) is 23.0 Å². The van der Waals surface area contributed by atoms with Crippen LogP contribution in [0.25, 0.3) is 0 Å². The van der Waals surface area contributed by atoms with Crippen molar-refractivity contribution in [3.8, 4) is 23.0 Å². The fourth-order valence-electron chi connectivity index (χ4n) is 7.54. The molecule has 0 saturated carbocycles. The molecule has 0 fully saturated rings. The van der Waals surface area contributed by atoms with Crippen molar-refractivity contribution in [1.82, 2.24) is 0 Å². The zero-order valence-corrected chi connectivity index (χ0v) is 49.1. The normalized spacial score (nSPS) is 14.6. The fraction of sp³-hybridized carbons (Fsp3) is 0.375. The molecule has 10 nitrogen and oxygen atoms in total. The summed E-state index contributed by atoms with van der Waals surface area (Å²) in [4.78, 5) is 46.3. The van der Waals surface area contributed by atoms with Crippen molar-refractivity contribution in [2.45, 2.75) is 107 Å². The first-order valence-electron chi connectivity index (χ1n) is 26.2. The van der Waals surface area contributed by atoms with E-state index in [4.69, 9.17) is 14.2 Å². The second-order valence-electron chi connectivity index (χ2n) is 20.7. The van der Waals surface area contributed by atoms with Gasteiger partial charge in [-0.15, -0.1) is 0 Å². The number of carbonyl (C=O) groups excluding carboxylic acids is 3. The fourth-order valence-corrected chi connectivity index (χ4v) is 7.54. The zero-order valence-electron chi connectivity index (χ0n) is 49.1. The van der Waals surface area contributed by atoms with Crippen LogP contribution in [0.4, 0.5) is 178 Å². The molecule has 5 rings (SSSR count).